The topological polar surface area (TPSA) is 87.3 Å². The van der Waals surface area contributed by atoms with Crippen molar-refractivity contribution in [1.82, 2.24) is 29.8 Å². The Balaban J connectivity index is 1.83. The molecule has 0 aliphatic carbocycles. The lowest BCUT2D eigenvalue weighted by atomic mass is 10.2. The SMILES string of the molecule is COc1ccc(-c2nn3c(-c4cnccn4)nnc3s2)c(OC)c1. The van der Waals surface area contributed by atoms with Crippen LogP contribution < -0.4 is 9.47 Å². The lowest BCUT2D eigenvalue weighted by Crippen LogP contribution is -1.94. The van der Waals surface area contributed by atoms with Gasteiger partial charge in [0.05, 0.1) is 26.0 Å². The maximum atomic E-state index is 5.45. The highest BCUT2D eigenvalue weighted by Gasteiger charge is 2.17. The van der Waals surface area contributed by atoms with E-state index in [0.29, 0.717) is 22.2 Å². The van der Waals surface area contributed by atoms with E-state index in [4.69, 9.17) is 9.47 Å². The molecule has 4 aromatic rings. The summed E-state index contributed by atoms with van der Waals surface area (Å²) in [5.74, 6) is 1.95. The van der Waals surface area contributed by atoms with E-state index in [0.717, 1.165) is 16.3 Å². The van der Waals surface area contributed by atoms with Crippen LogP contribution in [0.1, 0.15) is 0 Å². The van der Waals surface area contributed by atoms with Crippen molar-refractivity contribution >= 4 is 16.3 Å². The van der Waals surface area contributed by atoms with Crippen molar-refractivity contribution in [3.63, 3.8) is 0 Å². The summed E-state index contributed by atoms with van der Waals surface area (Å²) in [6, 6.07) is 5.59. The summed E-state index contributed by atoms with van der Waals surface area (Å²) < 4.78 is 12.3. The molecule has 0 aliphatic heterocycles. The second-order valence-electron chi connectivity index (χ2n) is 4.78. The Hall–Kier alpha value is -3.07. The van der Waals surface area contributed by atoms with Crippen molar-refractivity contribution in [2.24, 2.45) is 0 Å². The van der Waals surface area contributed by atoms with Gasteiger partial charge in [-0.2, -0.15) is 9.61 Å². The average Bonchev–Trinajstić information content (AvgIpc) is 3.22. The summed E-state index contributed by atoms with van der Waals surface area (Å²) in [7, 11) is 3.23. The Morgan fingerprint density at radius 1 is 1.08 bits per heavy atom. The van der Waals surface area contributed by atoms with E-state index < -0.39 is 0 Å². The van der Waals surface area contributed by atoms with Gasteiger partial charge in [-0.1, -0.05) is 11.3 Å². The van der Waals surface area contributed by atoms with Gasteiger partial charge in [-0.25, -0.2) is 4.98 Å². The van der Waals surface area contributed by atoms with Gasteiger partial charge in [-0.3, -0.25) is 4.98 Å². The van der Waals surface area contributed by atoms with Crippen LogP contribution in [0.15, 0.2) is 36.8 Å². The van der Waals surface area contributed by atoms with Crippen LogP contribution in [0.5, 0.6) is 11.5 Å². The molecule has 0 N–H and O–H groups in total. The van der Waals surface area contributed by atoms with Gasteiger partial charge < -0.3 is 9.47 Å². The zero-order valence-corrected chi connectivity index (χ0v) is 13.7. The standard InChI is InChI=1S/C15H12N6O2S/c1-22-9-3-4-10(12(7-9)23-2)14-20-21-13(18-19-15(21)24-14)11-8-16-5-6-17-11/h3-8H,1-2H3. The lowest BCUT2D eigenvalue weighted by Gasteiger charge is -2.07. The Labute approximate surface area is 140 Å². The molecule has 0 saturated heterocycles. The van der Waals surface area contributed by atoms with Crippen LogP contribution in [-0.4, -0.2) is 44.0 Å². The van der Waals surface area contributed by atoms with E-state index >= 15 is 0 Å². The highest BCUT2D eigenvalue weighted by atomic mass is 32.1. The fourth-order valence-corrected chi connectivity index (χ4v) is 3.14. The number of hydrogen-bond donors (Lipinski definition) is 0. The van der Waals surface area contributed by atoms with E-state index in [2.05, 4.69) is 25.3 Å². The van der Waals surface area contributed by atoms with Crippen LogP contribution in [0.4, 0.5) is 0 Å². The predicted molar refractivity (Wildman–Crippen MR) is 88.2 cm³/mol. The Bertz CT molecular complexity index is 998. The molecule has 0 radical (unpaired) electrons. The monoisotopic (exact) mass is 340 g/mol. The first-order chi connectivity index (χ1) is 11.8. The largest absolute Gasteiger partial charge is 0.497 e. The van der Waals surface area contributed by atoms with E-state index in [1.54, 1.807) is 37.3 Å². The molecular weight excluding hydrogens is 328 g/mol. The summed E-state index contributed by atoms with van der Waals surface area (Å²) in [6.07, 6.45) is 4.84. The summed E-state index contributed by atoms with van der Waals surface area (Å²) in [5.41, 5.74) is 1.47. The smallest absolute Gasteiger partial charge is 0.235 e. The normalized spacial score (nSPS) is 10.9. The molecule has 0 bridgehead atoms. The first-order valence-corrected chi connectivity index (χ1v) is 7.83. The van der Waals surface area contributed by atoms with Crippen LogP contribution in [0.25, 0.3) is 27.1 Å². The molecule has 0 amide bonds. The van der Waals surface area contributed by atoms with Gasteiger partial charge in [0.25, 0.3) is 0 Å². The molecule has 1 aromatic carbocycles. The van der Waals surface area contributed by atoms with E-state index in [-0.39, 0.29) is 0 Å². The zero-order valence-electron chi connectivity index (χ0n) is 12.9. The van der Waals surface area contributed by atoms with E-state index in [1.807, 2.05) is 18.2 Å². The van der Waals surface area contributed by atoms with Crippen molar-refractivity contribution in [1.29, 1.82) is 0 Å². The van der Waals surface area contributed by atoms with Crippen molar-refractivity contribution in [2.75, 3.05) is 14.2 Å². The predicted octanol–water partition coefficient (Wildman–Crippen LogP) is 2.33. The maximum Gasteiger partial charge on any atom is 0.235 e. The number of rotatable bonds is 4. The minimum Gasteiger partial charge on any atom is -0.497 e. The van der Waals surface area contributed by atoms with Crippen LogP contribution in [0.2, 0.25) is 0 Å². The highest BCUT2D eigenvalue weighted by Crippen LogP contribution is 2.36. The molecule has 4 rings (SSSR count). The summed E-state index contributed by atoms with van der Waals surface area (Å²) >= 11 is 1.42. The molecule has 3 aromatic heterocycles. The van der Waals surface area contributed by atoms with Gasteiger partial charge in [-0.05, 0) is 12.1 Å². The molecule has 3 heterocycles. The number of benzene rings is 1. The van der Waals surface area contributed by atoms with Gasteiger partial charge in [0.2, 0.25) is 10.8 Å². The first-order valence-electron chi connectivity index (χ1n) is 7.01. The van der Waals surface area contributed by atoms with Gasteiger partial charge in [0, 0.05) is 18.5 Å². The number of hydrogen-bond acceptors (Lipinski definition) is 8. The highest BCUT2D eigenvalue weighted by molar-refractivity contribution is 7.19. The molecule has 0 atom stereocenters. The minimum atomic E-state index is 0.549. The van der Waals surface area contributed by atoms with Crippen LogP contribution in [0, 0.1) is 0 Å². The third-order valence-electron chi connectivity index (χ3n) is 3.42. The summed E-state index contributed by atoms with van der Waals surface area (Å²) in [5, 5.41) is 13.7. The molecule has 24 heavy (non-hydrogen) atoms. The zero-order chi connectivity index (χ0) is 16.5. The fraction of sp³-hybridized carbons (Fsp3) is 0.133. The van der Waals surface area contributed by atoms with Crippen LogP contribution in [0.3, 0.4) is 0 Å². The van der Waals surface area contributed by atoms with E-state index in [9.17, 15) is 0 Å². The van der Waals surface area contributed by atoms with Crippen LogP contribution in [-0.2, 0) is 0 Å². The van der Waals surface area contributed by atoms with Crippen molar-refractivity contribution in [3.05, 3.63) is 36.8 Å². The van der Waals surface area contributed by atoms with Gasteiger partial charge in [0.1, 0.15) is 17.2 Å². The summed E-state index contributed by atoms with van der Waals surface area (Å²) in [4.78, 5) is 8.97. The van der Waals surface area contributed by atoms with Gasteiger partial charge in [0.15, 0.2) is 5.01 Å². The number of nitrogens with zero attached hydrogens (tertiary/aromatic N) is 6. The van der Waals surface area contributed by atoms with Gasteiger partial charge in [-0.15, -0.1) is 10.2 Å². The second-order valence-corrected chi connectivity index (χ2v) is 5.74. The van der Waals surface area contributed by atoms with E-state index in [1.165, 1.54) is 11.3 Å². The number of aromatic nitrogens is 6. The number of ether oxygens (including phenoxy) is 2. The van der Waals surface area contributed by atoms with Gasteiger partial charge >= 0.3 is 0 Å². The fourth-order valence-electron chi connectivity index (χ4n) is 2.28. The molecule has 0 aliphatic rings. The molecule has 9 heteroatoms. The molecule has 0 unspecified atom stereocenters. The number of fused-ring (bicyclic) bond motifs is 1. The molecule has 120 valence electrons. The second kappa shape index (κ2) is 5.85. The van der Waals surface area contributed by atoms with Crippen molar-refractivity contribution < 1.29 is 9.47 Å². The minimum absolute atomic E-state index is 0.549. The summed E-state index contributed by atoms with van der Waals surface area (Å²) in [6.45, 7) is 0. The number of methoxy groups -OCH3 is 2. The average molecular weight is 340 g/mol. The first kappa shape index (κ1) is 14.5. The molecule has 0 saturated carbocycles. The van der Waals surface area contributed by atoms with Crippen molar-refractivity contribution in [2.45, 2.75) is 0 Å². The molecular formula is C15H12N6O2S. The molecule has 0 fully saturated rings. The lowest BCUT2D eigenvalue weighted by molar-refractivity contribution is 0.395. The third kappa shape index (κ3) is 2.35. The molecule has 0 spiro atoms. The van der Waals surface area contributed by atoms with Crippen LogP contribution >= 0.6 is 11.3 Å². The maximum absolute atomic E-state index is 5.45. The Morgan fingerprint density at radius 2 is 2.00 bits per heavy atom. The van der Waals surface area contributed by atoms with Crippen molar-refractivity contribution in [3.8, 4) is 33.6 Å². The Kier molecular flexibility index (Phi) is 3.54. The molecule has 8 nitrogen and oxygen atoms in total. The Morgan fingerprint density at radius 3 is 2.75 bits per heavy atom. The third-order valence-corrected chi connectivity index (χ3v) is 4.35. The quantitative estimate of drug-likeness (QED) is 0.563.